The van der Waals surface area contributed by atoms with E-state index in [-0.39, 0.29) is 18.2 Å². The van der Waals surface area contributed by atoms with E-state index in [1.807, 2.05) is 43.0 Å². The van der Waals surface area contributed by atoms with Crippen molar-refractivity contribution in [1.29, 1.82) is 0 Å². The maximum Gasteiger partial charge on any atom is 0.238 e. The van der Waals surface area contributed by atoms with Crippen LogP contribution in [0.4, 0.5) is 5.69 Å². The second-order valence-corrected chi connectivity index (χ2v) is 8.66. The number of halogens is 1. The van der Waals surface area contributed by atoms with Gasteiger partial charge < -0.3 is 19.7 Å². The number of aryl methyl sites for hydroxylation is 2. The van der Waals surface area contributed by atoms with Crippen molar-refractivity contribution >= 4 is 29.1 Å². The van der Waals surface area contributed by atoms with Crippen molar-refractivity contribution in [3.05, 3.63) is 52.0 Å². The lowest BCUT2D eigenvalue weighted by molar-refractivity contribution is -0.132. The minimum absolute atomic E-state index is 0.0342. The number of hydrogen-bond donors (Lipinski definition) is 1. The van der Waals surface area contributed by atoms with Gasteiger partial charge in [0.25, 0.3) is 0 Å². The number of nitrogens with one attached hydrogen (secondary N) is 1. The van der Waals surface area contributed by atoms with Gasteiger partial charge in [-0.3, -0.25) is 14.5 Å². The molecule has 0 atom stereocenters. The van der Waals surface area contributed by atoms with E-state index in [1.54, 1.807) is 6.07 Å². The van der Waals surface area contributed by atoms with Crippen LogP contribution < -0.4 is 14.8 Å². The molecule has 7 nitrogen and oxygen atoms in total. The van der Waals surface area contributed by atoms with Crippen molar-refractivity contribution in [2.24, 2.45) is 0 Å². The van der Waals surface area contributed by atoms with Gasteiger partial charge in [-0.2, -0.15) is 0 Å². The molecule has 0 radical (unpaired) electrons. The summed E-state index contributed by atoms with van der Waals surface area (Å²) >= 11 is 6.29. The van der Waals surface area contributed by atoms with E-state index in [4.69, 9.17) is 21.1 Å². The first-order valence-electron chi connectivity index (χ1n) is 10.8. The molecule has 4 rings (SSSR count). The zero-order valence-corrected chi connectivity index (χ0v) is 19.2. The maximum absolute atomic E-state index is 12.8. The molecular weight excluding hydrogens is 430 g/mol. The van der Waals surface area contributed by atoms with Crippen LogP contribution in [0, 0.1) is 13.8 Å². The van der Waals surface area contributed by atoms with E-state index < -0.39 is 0 Å². The summed E-state index contributed by atoms with van der Waals surface area (Å²) in [5.41, 5.74) is 3.78. The molecule has 0 aromatic heterocycles. The lowest BCUT2D eigenvalue weighted by Crippen LogP contribution is -2.50. The average Bonchev–Trinajstić information content (AvgIpc) is 2.77. The standard InChI is InChI=1S/C24H28ClN3O4/c1-16-4-3-5-17(2)23(16)26-21(29)15-27-6-8-28(9-7-27)22(30)14-18-12-19(25)24-20(13-18)31-10-11-32-24/h3-5,12-13H,6-11,14-15H2,1-2H3,(H,26,29). The number of ether oxygens (including phenoxy) is 2. The molecule has 2 aromatic carbocycles. The number of benzene rings is 2. The van der Waals surface area contributed by atoms with Gasteiger partial charge in [-0.05, 0) is 42.7 Å². The zero-order valence-electron chi connectivity index (χ0n) is 18.4. The quantitative estimate of drug-likeness (QED) is 0.747. The molecular formula is C24H28ClN3O4. The number of anilines is 1. The van der Waals surface area contributed by atoms with Crippen LogP contribution in [0.1, 0.15) is 16.7 Å². The molecule has 8 heteroatoms. The zero-order chi connectivity index (χ0) is 22.7. The highest BCUT2D eigenvalue weighted by Gasteiger charge is 2.24. The van der Waals surface area contributed by atoms with E-state index >= 15 is 0 Å². The van der Waals surface area contributed by atoms with Gasteiger partial charge in [0.1, 0.15) is 13.2 Å². The van der Waals surface area contributed by atoms with Gasteiger partial charge >= 0.3 is 0 Å². The van der Waals surface area contributed by atoms with Crippen LogP contribution in [0.5, 0.6) is 11.5 Å². The molecule has 1 N–H and O–H groups in total. The van der Waals surface area contributed by atoms with Crippen LogP contribution in [-0.4, -0.2) is 67.6 Å². The smallest absolute Gasteiger partial charge is 0.238 e. The monoisotopic (exact) mass is 457 g/mol. The molecule has 2 aliphatic rings. The molecule has 0 saturated carbocycles. The maximum atomic E-state index is 12.8. The van der Waals surface area contributed by atoms with Crippen LogP contribution in [0.2, 0.25) is 5.02 Å². The number of para-hydroxylation sites is 1. The van der Waals surface area contributed by atoms with Crippen molar-refractivity contribution in [2.75, 3.05) is 51.3 Å². The topological polar surface area (TPSA) is 71.1 Å². The lowest BCUT2D eigenvalue weighted by atomic mass is 10.1. The molecule has 1 fully saturated rings. The van der Waals surface area contributed by atoms with Gasteiger partial charge in [-0.25, -0.2) is 0 Å². The first-order chi connectivity index (χ1) is 15.4. The minimum Gasteiger partial charge on any atom is -0.486 e. The van der Waals surface area contributed by atoms with Crippen molar-refractivity contribution in [3.8, 4) is 11.5 Å². The third-order valence-electron chi connectivity index (χ3n) is 5.85. The van der Waals surface area contributed by atoms with Crippen molar-refractivity contribution in [3.63, 3.8) is 0 Å². The Balaban J connectivity index is 1.28. The number of piperazine rings is 1. The Morgan fingerprint density at radius 2 is 1.72 bits per heavy atom. The number of nitrogens with zero attached hydrogens (tertiary/aromatic N) is 2. The number of rotatable bonds is 5. The Bertz CT molecular complexity index is 998. The summed E-state index contributed by atoms with van der Waals surface area (Å²) in [6.45, 7) is 7.73. The largest absolute Gasteiger partial charge is 0.486 e. The number of fused-ring (bicyclic) bond motifs is 1. The molecule has 0 spiro atoms. The summed E-state index contributed by atoms with van der Waals surface area (Å²) in [5, 5.41) is 3.49. The van der Waals surface area contributed by atoms with E-state index in [0.29, 0.717) is 62.5 Å². The lowest BCUT2D eigenvalue weighted by Gasteiger charge is -2.34. The van der Waals surface area contributed by atoms with Crippen molar-refractivity contribution in [2.45, 2.75) is 20.3 Å². The minimum atomic E-state index is -0.0342. The Kier molecular flexibility index (Phi) is 6.86. The highest BCUT2D eigenvalue weighted by molar-refractivity contribution is 6.32. The van der Waals surface area contributed by atoms with Gasteiger partial charge in [0.2, 0.25) is 11.8 Å². The molecule has 170 valence electrons. The van der Waals surface area contributed by atoms with Crippen molar-refractivity contribution < 1.29 is 19.1 Å². The summed E-state index contributed by atoms with van der Waals surface area (Å²) in [5.74, 6) is 1.14. The normalized spacial score (nSPS) is 16.0. The van der Waals surface area contributed by atoms with Crippen LogP contribution in [0.25, 0.3) is 0 Å². The van der Waals surface area contributed by atoms with Gasteiger partial charge in [0, 0.05) is 31.9 Å². The van der Waals surface area contributed by atoms with Crippen LogP contribution in [0.3, 0.4) is 0 Å². The molecule has 2 aromatic rings. The van der Waals surface area contributed by atoms with Gasteiger partial charge in [0.05, 0.1) is 18.0 Å². The third-order valence-corrected chi connectivity index (χ3v) is 6.13. The van der Waals surface area contributed by atoms with E-state index in [0.717, 1.165) is 22.4 Å². The number of carbonyl (C=O) groups is 2. The van der Waals surface area contributed by atoms with Gasteiger partial charge in [0.15, 0.2) is 11.5 Å². The fraction of sp³-hybridized carbons (Fsp3) is 0.417. The SMILES string of the molecule is Cc1cccc(C)c1NC(=O)CN1CCN(C(=O)Cc2cc(Cl)c3c(c2)OCCO3)CC1. The molecule has 2 heterocycles. The molecule has 0 bridgehead atoms. The number of carbonyl (C=O) groups excluding carboxylic acids is 2. The Morgan fingerprint density at radius 1 is 1.03 bits per heavy atom. The molecule has 0 unspecified atom stereocenters. The fourth-order valence-electron chi connectivity index (χ4n) is 4.10. The van der Waals surface area contributed by atoms with Crippen LogP contribution >= 0.6 is 11.6 Å². The van der Waals surface area contributed by atoms with E-state index in [1.165, 1.54) is 0 Å². The molecule has 32 heavy (non-hydrogen) atoms. The fourth-order valence-corrected chi connectivity index (χ4v) is 4.39. The third kappa shape index (κ3) is 5.16. The van der Waals surface area contributed by atoms with Crippen LogP contribution in [-0.2, 0) is 16.0 Å². The van der Waals surface area contributed by atoms with Gasteiger partial charge in [-0.15, -0.1) is 0 Å². The average molecular weight is 458 g/mol. The molecule has 2 amide bonds. The predicted molar refractivity (Wildman–Crippen MR) is 124 cm³/mol. The van der Waals surface area contributed by atoms with E-state index in [2.05, 4.69) is 10.2 Å². The highest BCUT2D eigenvalue weighted by Crippen LogP contribution is 2.38. The summed E-state index contributed by atoms with van der Waals surface area (Å²) < 4.78 is 11.1. The summed E-state index contributed by atoms with van der Waals surface area (Å²) in [6, 6.07) is 9.55. The first-order valence-corrected chi connectivity index (χ1v) is 11.2. The number of amides is 2. The second kappa shape index (κ2) is 9.79. The van der Waals surface area contributed by atoms with Crippen LogP contribution in [0.15, 0.2) is 30.3 Å². The Hall–Kier alpha value is -2.77. The summed E-state index contributed by atoms with van der Waals surface area (Å²) in [7, 11) is 0. The summed E-state index contributed by atoms with van der Waals surface area (Å²) in [4.78, 5) is 29.2. The second-order valence-electron chi connectivity index (χ2n) is 8.25. The van der Waals surface area contributed by atoms with E-state index in [9.17, 15) is 9.59 Å². The molecule has 1 saturated heterocycles. The highest BCUT2D eigenvalue weighted by atomic mass is 35.5. The predicted octanol–water partition coefficient (Wildman–Crippen LogP) is 3.05. The number of hydrogen-bond acceptors (Lipinski definition) is 5. The Labute approximate surface area is 193 Å². The first kappa shape index (κ1) is 22.4. The summed E-state index contributed by atoms with van der Waals surface area (Å²) in [6.07, 6.45) is 0.253. The van der Waals surface area contributed by atoms with Gasteiger partial charge in [-0.1, -0.05) is 29.8 Å². The van der Waals surface area contributed by atoms with Crippen molar-refractivity contribution in [1.82, 2.24) is 9.80 Å². The Morgan fingerprint density at radius 3 is 2.44 bits per heavy atom. The molecule has 2 aliphatic heterocycles. The molecule has 0 aliphatic carbocycles.